The summed E-state index contributed by atoms with van der Waals surface area (Å²) in [7, 11) is 0. The summed E-state index contributed by atoms with van der Waals surface area (Å²) in [6.45, 7) is 3.73. The number of benzene rings is 2. The quantitative estimate of drug-likeness (QED) is 0.114. The first kappa shape index (κ1) is 21.8. The Kier molecular flexibility index (Phi) is 5.67. The first-order valence-corrected chi connectivity index (χ1v) is 10.0. The monoisotopic (exact) mass is 461 g/mol. The smallest absolute Gasteiger partial charge is 0.270 e. The van der Waals surface area contributed by atoms with E-state index < -0.39 is 22.5 Å². The molecule has 9 nitrogen and oxygen atoms in total. The highest BCUT2D eigenvalue weighted by Gasteiger charge is 2.32. The van der Waals surface area contributed by atoms with Gasteiger partial charge >= 0.3 is 0 Å². The van der Waals surface area contributed by atoms with Crippen LogP contribution < -0.4 is 5.32 Å². The molecule has 0 spiro atoms. The number of fused-ring (bicyclic) bond motifs is 1. The maximum Gasteiger partial charge on any atom is 0.270 e. The number of nitrogens with zero attached hydrogens (tertiary/aromatic N) is 2. The fourth-order valence-electron chi connectivity index (χ4n) is 3.32. The number of amides is 2. The molecule has 164 valence electrons. The summed E-state index contributed by atoms with van der Waals surface area (Å²) in [6.07, 6.45) is 2.92. The number of carbonyl (C=O) groups excluding carboxylic acids is 3. The predicted molar refractivity (Wildman–Crippen MR) is 123 cm³/mol. The maximum atomic E-state index is 12.8. The van der Waals surface area contributed by atoms with Crippen molar-refractivity contribution in [3.05, 3.63) is 93.8 Å². The van der Waals surface area contributed by atoms with Gasteiger partial charge in [-0.25, -0.2) is 0 Å². The summed E-state index contributed by atoms with van der Waals surface area (Å²) in [6, 6.07) is 11.7. The Balaban J connectivity index is 1.66. The van der Waals surface area contributed by atoms with Crippen molar-refractivity contribution in [2.45, 2.75) is 0 Å². The average molecular weight is 461 g/mol. The number of furan rings is 1. The summed E-state index contributed by atoms with van der Waals surface area (Å²) in [5.41, 5.74) is 0.753. The Bertz CT molecular complexity index is 1400. The molecule has 1 aliphatic heterocycles. The van der Waals surface area contributed by atoms with Crippen molar-refractivity contribution in [2.24, 2.45) is 0 Å². The van der Waals surface area contributed by atoms with Crippen LogP contribution in [-0.4, -0.2) is 39.1 Å². The summed E-state index contributed by atoms with van der Waals surface area (Å²) in [4.78, 5) is 49.4. The van der Waals surface area contributed by atoms with E-state index in [2.05, 4.69) is 11.9 Å². The van der Waals surface area contributed by atoms with Crippen molar-refractivity contribution in [1.82, 2.24) is 10.2 Å². The van der Waals surface area contributed by atoms with Crippen LogP contribution in [0, 0.1) is 10.1 Å². The zero-order valence-electron chi connectivity index (χ0n) is 16.9. The molecule has 3 aromatic rings. The highest BCUT2D eigenvalue weighted by atomic mass is 32.1. The molecular formula is C23H15N3O6S. The molecule has 0 bridgehead atoms. The van der Waals surface area contributed by atoms with Crippen LogP contribution in [0.5, 0.6) is 0 Å². The van der Waals surface area contributed by atoms with Crippen molar-refractivity contribution < 1.29 is 23.7 Å². The lowest BCUT2D eigenvalue weighted by molar-refractivity contribution is -0.384. The Morgan fingerprint density at radius 3 is 2.73 bits per heavy atom. The van der Waals surface area contributed by atoms with Gasteiger partial charge in [0.2, 0.25) is 5.78 Å². The molecule has 0 radical (unpaired) electrons. The molecule has 2 heterocycles. The number of rotatable bonds is 6. The highest BCUT2D eigenvalue weighted by Crippen LogP contribution is 2.25. The summed E-state index contributed by atoms with van der Waals surface area (Å²) >= 11 is 5.03. The van der Waals surface area contributed by atoms with Gasteiger partial charge in [-0.05, 0) is 42.1 Å². The van der Waals surface area contributed by atoms with Crippen molar-refractivity contribution in [2.75, 3.05) is 6.54 Å². The second-order valence-corrected chi connectivity index (χ2v) is 7.45. The Hall–Kier alpha value is -4.44. The predicted octanol–water partition coefficient (Wildman–Crippen LogP) is 3.38. The molecule has 0 saturated carbocycles. The van der Waals surface area contributed by atoms with E-state index in [4.69, 9.17) is 16.6 Å². The fraction of sp³-hybridized carbons (Fsp3) is 0.0435. The van der Waals surface area contributed by atoms with E-state index in [1.807, 2.05) is 0 Å². The topological polar surface area (TPSA) is 123 Å². The van der Waals surface area contributed by atoms with Crippen LogP contribution in [0.25, 0.3) is 17.0 Å². The van der Waals surface area contributed by atoms with Gasteiger partial charge in [0.1, 0.15) is 11.2 Å². The molecule has 0 unspecified atom stereocenters. The molecule has 1 N–H and O–H groups in total. The fourth-order valence-corrected chi connectivity index (χ4v) is 3.57. The minimum atomic E-state index is -0.612. The molecule has 2 amide bonds. The Morgan fingerprint density at radius 2 is 2.00 bits per heavy atom. The van der Waals surface area contributed by atoms with Crippen LogP contribution in [0.15, 0.2) is 71.2 Å². The molecule has 4 rings (SSSR count). The first-order chi connectivity index (χ1) is 15.8. The van der Waals surface area contributed by atoms with Crippen molar-refractivity contribution in [3.8, 4) is 0 Å². The van der Waals surface area contributed by atoms with E-state index in [-0.39, 0.29) is 34.2 Å². The minimum absolute atomic E-state index is 0.00398. The van der Waals surface area contributed by atoms with Gasteiger partial charge in [-0.15, -0.1) is 6.58 Å². The second kappa shape index (κ2) is 8.60. The molecule has 1 aliphatic rings. The Labute approximate surface area is 192 Å². The van der Waals surface area contributed by atoms with E-state index in [0.29, 0.717) is 16.5 Å². The van der Waals surface area contributed by atoms with Crippen LogP contribution in [0.4, 0.5) is 5.69 Å². The molecule has 0 aliphatic carbocycles. The highest BCUT2D eigenvalue weighted by molar-refractivity contribution is 7.80. The molecule has 2 aromatic carbocycles. The molecule has 33 heavy (non-hydrogen) atoms. The van der Waals surface area contributed by atoms with E-state index in [0.717, 1.165) is 0 Å². The minimum Gasteiger partial charge on any atom is -0.453 e. The zero-order valence-corrected chi connectivity index (χ0v) is 17.8. The third-order valence-electron chi connectivity index (χ3n) is 4.89. The first-order valence-electron chi connectivity index (χ1n) is 9.61. The number of thiocarbonyl (C=S) groups is 1. The summed E-state index contributed by atoms with van der Waals surface area (Å²) in [5, 5.41) is 14.0. The number of non-ortho nitro benzene ring substituents is 1. The number of nitro benzene ring substituents is 1. The third kappa shape index (κ3) is 4.19. The number of nitrogens with one attached hydrogen (secondary N) is 1. The van der Waals surface area contributed by atoms with Gasteiger partial charge in [-0.3, -0.25) is 34.7 Å². The van der Waals surface area contributed by atoms with Crippen molar-refractivity contribution in [1.29, 1.82) is 0 Å². The molecule has 10 heteroatoms. The molecule has 1 saturated heterocycles. The van der Waals surface area contributed by atoms with Crippen LogP contribution in [-0.2, 0) is 9.59 Å². The van der Waals surface area contributed by atoms with Crippen LogP contribution in [0.2, 0.25) is 0 Å². The van der Waals surface area contributed by atoms with Gasteiger partial charge in [0.25, 0.3) is 17.5 Å². The number of ketones is 1. The third-order valence-corrected chi connectivity index (χ3v) is 5.21. The van der Waals surface area contributed by atoms with Gasteiger partial charge in [-0.2, -0.15) is 0 Å². The maximum absolute atomic E-state index is 12.8. The van der Waals surface area contributed by atoms with Crippen molar-refractivity contribution >= 4 is 57.7 Å². The van der Waals surface area contributed by atoms with Crippen LogP contribution in [0.1, 0.15) is 21.7 Å². The Morgan fingerprint density at radius 1 is 1.21 bits per heavy atom. The lowest BCUT2D eigenvalue weighted by Crippen LogP contribution is -2.53. The number of nitro groups is 1. The van der Waals surface area contributed by atoms with E-state index in [9.17, 15) is 24.5 Å². The molecular weight excluding hydrogens is 446 g/mol. The summed E-state index contributed by atoms with van der Waals surface area (Å²) < 4.78 is 5.61. The summed E-state index contributed by atoms with van der Waals surface area (Å²) in [5.74, 6) is -1.66. The molecule has 1 fully saturated rings. The molecule has 0 atom stereocenters. The lowest BCUT2D eigenvalue weighted by atomic mass is 10.1. The number of carbonyl (C=O) groups is 3. The van der Waals surface area contributed by atoms with E-state index in [1.54, 1.807) is 18.2 Å². The second-order valence-electron chi connectivity index (χ2n) is 7.07. The van der Waals surface area contributed by atoms with E-state index in [1.165, 1.54) is 47.4 Å². The van der Waals surface area contributed by atoms with Crippen LogP contribution >= 0.6 is 12.2 Å². The van der Waals surface area contributed by atoms with Gasteiger partial charge in [-0.1, -0.05) is 24.3 Å². The number of hydrogen-bond acceptors (Lipinski definition) is 7. The van der Waals surface area contributed by atoms with Gasteiger partial charge in [0, 0.05) is 29.6 Å². The van der Waals surface area contributed by atoms with Crippen molar-refractivity contribution in [3.63, 3.8) is 0 Å². The van der Waals surface area contributed by atoms with E-state index >= 15 is 0 Å². The zero-order chi connectivity index (χ0) is 23.7. The van der Waals surface area contributed by atoms with Gasteiger partial charge in [0.15, 0.2) is 10.9 Å². The van der Waals surface area contributed by atoms with Gasteiger partial charge in [0.05, 0.1) is 4.92 Å². The molecule has 1 aromatic heterocycles. The normalized spacial score (nSPS) is 15.1. The lowest BCUT2D eigenvalue weighted by Gasteiger charge is -2.27. The van der Waals surface area contributed by atoms with Crippen LogP contribution in [0.3, 0.4) is 0 Å². The number of hydrogen-bond donors (Lipinski definition) is 1. The largest absolute Gasteiger partial charge is 0.453 e. The average Bonchev–Trinajstić information content (AvgIpc) is 3.22. The van der Waals surface area contributed by atoms with Gasteiger partial charge < -0.3 is 4.42 Å². The SMILES string of the molecule is C=CCN1C(=O)/C(=C/c2ccc3oc(C(=O)c4cccc([N+](=O)[O-])c4)cc3c2)C(=O)NC1=S. The standard InChI is InChI=1S/C23H15N3O6S/c1-2-8-25-22(29)17(21(28)24-23(25)33)10-13-6-7-18-15(9-13)12-19(32-18)20(27)14-4-3-5-16(11-14)26(30)31/h2-7,9-12H,1,8H2,(H,24,28,33)/b17-10+.